The van der Waals surface area contributed by atoms with Crippen molar-refractivity contribution in [3.63, 3.8) is 0 Å². The second-order valence-corrected chi connectivity index (χ2v) is 6.48. The molecule has 0 heterocycles. The highest BCUT2D eigenvalue weighted by Gasteiger charge is 2.19. The third-order valence-electron chi connectivity index (χ3n) is 3.28. The summed E-state index contributed by atoms with van der Waals surface area (Å²) in [6, 6.07) is 5.94. The van der Waals surface area contributed by atoms with Crippen LogP contribution in [0.5, 0.6) is 0 Å². The molecule has 2 atom stereocenters. The van der Waals surface area contributed by atoms with Crippen LogP contribution in [0.25, 0.3) is 0 Å². The van der Waals surface area contributed by atoms with Crippen LogP contribution in [-0.2, 0) is 14.3 Å². The predicted octanol–water partition coefficient (Wildman–Crippen LogP) is 2.42. The van der Waals surface area contributed by atoms with Crippen molar-refractivity contribution in [2.24, 2.45) is 0 Å². The van der Waals surface area contributed by atoms with Gasteiger partial charge in [-0.05, 0) is 44.5 Å². The van der Waals surface area contributed by atoms with Gasteiger partial charge in [0.1, 0.15) is 6.04 Å². The van der Waals surface area contributed by atoms with E-state index in [2.05, 4.69) is 26.6 Å². The molecule has 0 unspecified atom stereocenters. The fraction of sp³-hybridized carbons (Fsp3) is 0.471. The van der Waals surface area contributed by atoms with Crippen molar-refractivity contribution in [1.82, 2.24) is 10.6 Å². The van der Waals surface area contributed by atoms with Crippen LogP contribution in [0.2, 0.25) is 0 Å². The Morgan fingerprint density at radius 3 is 2.33 bits per heavy atom. The van der Waals surface area contributed by atoms with Crippen LogP contribution >= 0.6 is 15.9 Å². The molecule has 24 heavy (non-hydrogen) atoms. The fourth-order valence-electron chi connectivity index (χ4n) is 2.02. The van der Waals surface area contributed by atoms with E-state index in [0.717, 1.165) is 17.3 Å². The van der Waals surface area contributed by atoms with E-state index < -0.39 is 12.0 Å². The number of halogens is 1. The number of hydrogen-bond acceptors (Lipinski definition) is 4. The maximum absolute atomic E-state index is 12.0. The highest BCUT2D eigenvalue weighted by molar-refractivity contribution is 9.10. The van der Waals surface area contributed by atoms with E-state index in [9.17, 15) is 14.4 Å². The van der Waals surface area contributed by atoms with Crippen LogP contribution in [0, 0.1) is 0 Å². The number of rotatable bonds is 8. The normalized spacial score (nSPS) is 12.8. The molecule has 0 radical (unpaired) electrons. The average Bonchev–Trinajstić information content (AvgIpc) is 2.53. The minimum Gasteiger partial charge on any atom is -0.454 e. The quantitative estimate of drug-likeness (QED) is 0.658. The molecule has 0 aliphatic carbocycles. The van der Waals surface area contributed by atoms with E-state index in [-0.39, 0.29) is 24.5 Å². The molecule has 2 N–H and O–H groups in total. The Balaban J connectivity index is 2.40. The number of esters is 1. The predicted molar refractivity (Wildman–Crippen MR) is 94.5 cm³/mol. The largest absolute Gasteiger partial charge is 0.454 e. The summed E-state index contributed by atoms with van der Waals surface area (Å²) in [6.07, 6.45) is 1.82. The molecule has 0 spiro atoms. The topological polar surface area (TPSA) is 84.5 Å². The van der Waals surface area contributed by atoms with Crippen molar-refractivity contribution < 1.29 is 19.1 Å². The van der Waals surface area contributed by atoms with Gasteiger partial charge in [-0.3, -0.25) is 9.59 Å². The third-order valence-corrected chi connectivity index (χ3v) is 3.81. The van der Waals surface area contributed by atoms with E-state index >= 15 is 0 Å². The summed E-state index contributed by atoms with van der Waals surface area (Å²) in [6.45, 7) is 5.07. The monoisotopic (exact) mass is 398 g/mol. The van der Waals surface area contributed by atoms with Crippen LogP contribution in [0.4, 0.5) is 0 Å². The average molecular weight is 399 g/mol. The second kappa shape index (κ2) is 10.1. The van der Waals surface area contributed by atoms with Crippen molar-refractivity contribution in [2.75, 3.05) is 6.61 Å². The van der Waals surface area contributed by atoms with Crippen LogP contribution in [-0.4, -0.2) is 36.5 Å². The zero-order valence-corrected chi connectivity index (χ0v) is 15.7. The first-order valence-electron chi connectivity index (χ1n) is 7.86. The molecule has 7 heteroatoms. The third kappa shape index (κ3) is 7.12. The lowest BCUT2D eigenvalue weighted by molar-refractivity contribution is -0.150. The molecule has 0 bridgehead atoms. The summed E-state index contributed by atoms with van der Waals surface area (Å²) in [5.41, 5.74) is 0.434. The zero-order chi connectivity index (χ0) is 18.1. The van der Waals surface area contributed by atoms with Crippen molar-refractivity contribution in [1.29, 1.82) is 0 Å². The Bertz CT molecular complexity index is 574. The van der Waals surface area contributed by atoms with Crippen molar-refractivity contribution in [3.05, 3.63) is 34.3 Å². The Morgan fingerprint density at radius 1 is 1.12 bits per heavy atom. The second-order valence-electron chi connectivity index (χ2n) is 5.57. The summed E-state index contributed by atoms with van der Waals surface area (Å²) in [7, 11) is 0. The smallest absolute Gasteiger partial charge is 0.328 e. The minimum absolute atomic E-state index is 0.0377. The zero-order valence-electron chi connectivity index (χ0n) is 14.1. The molecule has 0 saturated heterocycles. The van der Waals surface area contributed by atoms with Crippen LogP contribution in [0.1, 0.15) is 44.0 Å². The lowest BCUT2D eigenvalue weighted by Crippen LogP contribution is -2.41. The Labute approximate surface area is 150 Å². The molecule has 6 nitrogen and oxygen atoms in total. The standard InChI is InChI=1S/C17H23BrN2O4/c1-4-5-11(2)19-15(21)10-24-17(23)12(3)20-16(22)13-6-8-14(18)9-7-13/h6-9,11-12H,4-5,10H2,1-3H3,(H,19,21)(H,20,22)/t11-,12+/m1/s1. The van der Waals surface area contributed by atoms with E-state index in [1.807, 2.05) is 13.8 Å². The summed E-state index contributed by atoms with van der Waals surface area (Å²) in [5.74, 6) is -1.39. The Morgan fingerprint density at radius 2 is 1.75 bits per heavy atom. The Hall–Kier alpha value is -1.89. The molecule has 0 aromatic heterocycles. The molecule has 2 amide bonds. The molecule has 0 aliphatic rings. The van der Waals surface area contributed by atoms with Gasteiger partial charge >= 0.3 is 5.97 Å². The molecular weight excluding hydrogens is 376 g/mol. The fourth-order valence-corrected chi connectivity index (χ4v) is 2.29. The van der Waals surface area contributed by atoms with Crippen LogP contribution < -0.4 is 10.6 Å². The molecule has 0 saturated carbocycles. The summed E-state index contributed by atoms with van der Waals surface area (Å²) in [4.78, 5) is 35.5. The molecule has 1 aromatic carbocycles. The van der Waals surface area contributed by atoms with E-state index in [1.165, 1.54) is 6.92 Å². The highest BCUT2D eigenvalue weighted by atomic mass is 79.9. The number of amides is 2. The molecule has 1 rings (SSSR count). The lowest BCUT2D eigenvalue weighted by atomic mass is 10.2. The van der Waals surface area contributed by atoms with Gasteiger partial charge < -0.3 is 15.4 Å². The molecule has 1 aromatic rings. The van der Waals surface area contributed by atoms with Gasteiger partial charge in [-0.1, -0.05) is 29.3 Å². The molecule has 0 fully saturated rings. The number of hydrogen-bond donors (Lipinski definition) is 2. The lowest BCUT2D eigenvalue weighted by Gasteiger charge is -2.15. The van der Waals surface area contributed by atoms with Gasteiger partial charge in [-0.2, -0.15) is 0 Å². The molecular formula is C17H23BrN2O4. The molecule has 132 valence electrons. The van der Waals surface area contributed by atoms with Crippen molar-refractivity contribution in [2.45, 2.75) is 45.7 Å². The van der Waals surface area contributed by atoms with Gasteiger partial charge in [0.05, 0.1) is 0 Å². The first-order valence-corrected chi connectivity index (χ1v) is 8.65. The maximum atomic E-state index is 12.0. The number of carbonyl (C=O) groups is 3. The minimum atomic E-state index is -0.845. The van der Waals surface area contributed by atoms with Crippen LogP contribution in [0.3, 0.4) is 0 Å². The van der Waals surface area contributed by atoms with Gasteiger partial charge in [-0.15, -0.1) is 0 Å². The summed E-state index contributed by atoms with van der Waals surface area (Å²) < 4.78 is 5.78. The number of carbonyl (C=O) groups excluding carboxylic acids is 3. The van der Waals surface area contributed by atoms with E-state index in [0.29, 0.717) is 5.56 Å². The number of ether oxygens (including phenoxy) is 1. The molecule has 0 aliphatic heterocycles. The van der Waals surface area contributed by atoms with Crippen molar-refractivity contribution >= 4 is 33.7 Å². The SMILES string of the molecule is CCC[C@@H](C)NC(=O)COC(=O)[C@H](C)NC(=O)c1ccc(Br)cc1. The first-order chi connectivity index (χ1) is 11.3. The van der Waals surface area contributed by atoms with Gasteiger partial charge in [0.15, 0.2) is 6.61 Å². The van der Waals surface area contributed by atoms with Crippen molar-refractivity contribution in [3.8, 4) is 0 Å². The van der Waals surface area contributed by atoms with Gasteiger partial charge in [0.25, 0.3) is 11.8 Å². The summed E-state index contributed by atoms with van der Waals surface area (Å²) >= 11 is 3.29. The number of nitrogens with one attached hydrogen (secondary N) is 2. The first kappa shape index (κ1) is 20.2. The van der Waals surface area contributed by atoms with Gasteiger partial charge in [-0.25, -0.2) is 4.79 Å². The Kier molecular flexibility index (Phi) is 8.46. The van der Waals surface area contributed by atoms with Gasteiger partial charge in [0.2, 0.25) is 0 Å². The number of benzene rings is 1. The maximum Gasteiger partial charge on any atom is 0.328 e. The van der Waals surface area contributed by atoms with E-state index in [4.69, 9.17) is 4.74 Å². The highest BCUT2D eigenvalue weighted by Crippen LogP contribution is 2.10. The van der Waals surface area contributed by atoms with E-state index in [1.54, 1.807) is 24.3 Å². The van der Waals surface area contributed by atoms with Crippen LogP contribution in [0.15, 0.2) is 28.7 Å². The summed E-state index contributed by atoms with van der Waals surface area (Å²) in [5, 5.41) is 5.28. The van der Waals surface area contributed by atoms with Gasteiger partial charge in [0, 0.05) is 16.1 Å².